The summed E-state index contributed by atoms with van der Waals surface area (Å²) in [6.07, 6.45) is 3.08. The number of ether oxygens (including phenoxy) is 1. The van der Waals surface area contributed by atoms with Gasteiger partial charge < -0.3 is 10.1 Å². The second-order valence-electron chi connectivity index (χ2n) is 5.63. The molecule has 1 fully saturated rings. The number of hydrogen-bond acceptors (Lipinski definition) is 4. The highest BCUT2D eigenvalue weighted by molar-refractivity contribution is 5.87. The molecule has 0 amide bonds. The van der Waals surface area contributed by atoms with Crippen molar-refractivity contribution in [2.45, 2.75) is 33.6 Å². The summed E-state index contributed by atoms with van der Waals surface area (Å²) >= 11 is 0. The van der Waals surface area contributed by atoms with Crippen molar-refractivity contribution < 1.29 is 9.53 Å². The molecule has 1 unspecified atom stereocenters. The molecule has 1 atom stereocenters. The number of aromatic nitrogens is 1. The van der Waals surface area contributed by atoms with Crippen molar-refractivity contribution in [1.82, 2.24) is 10.3 Å². The molecular formula is C15H22N2O2. The molecule has 0 saturated carbocycles. The average Bonchev–Trinajstić information content (AvgIpc) is 2.82. The highest BCUT2D eigenvalue weighted by atomic mass is 16.5. The molecule has 1 aliphatic rings. The van der Waals surface area contributed by atoms with Crippen molar-refractivity contribution in [3.63, 3.8) is 0 Å². The van der Waals surface area contributed by atoms with Crippen LogP contribution in [-0.2, 0) is 11.2 Å². The van der Waals surface area contributed by atoms with Crippen LogP contribution in [0.15, 0.2) is 6.20 Å². The van der Waals surface area contributed by atoms with Crippen LogP contribution in [0.3, 0.4) is 0 Å². The van der Waals surface area contributed by atoms with Crippen molar-refractivity contribution >= 4 is 5.78 Å². The molecule has 0 spiro atoms. The number of carbonyl (C=O) groups excluding carboxylic acids is 1. The molecule has 1 aromatic heterocycles. The third kappa shape index (κ3) is 2.63. The number of pyridine rings is 1. The Kier molecular flexibility index (Phi) is 3.90. The van der Waals surface area contributed by atoms with Gasteiger partial charge >= 0.3 is 0 Å². The van der Waals surface area contributed by atoms with Gasteiger partial charge in [-0.1, -0.05) is 6.92 Å². The van der Waals surface area contributed by atoms with Gasteiger partial charge in [0, 0.05) is 35.7 Å². The SMILES string of the molecule is COc1c(C)cnc(CC(=O)C2(C)CCNC2)c1C. The highest BCUT2D eigenvalue weighted by Crippen LogP contribution is 2.29. The van der Waals surface area contributed by atoms with Gasteiger partial charge in [0.25, 0.3) is 0 Å². The van der Waals surface area contributed by atoms with Gasteiger partial charge in [-0.2, -0.15) is 0 Å². The lowest BCUT2D eigenvalue weighted by atomic mass is 9.82. The molecule has 1 aromatic rings. The minimum Gasteiger partial charge on any atom is -0.496 e. The first kappa shape index (κ1) is 14.0. The highest BCUT2D eigenvalue weighted by Gasteiger charge is 2.36. The second kappa shape index (κ2) is 5.29. The van der Waals surface area contributed by atoms with Crippen LogP contribution >= 0.6 is 0 Å². The molecule has 4 heteroatoms. The predicted molar refractivity (Wildman–Crippen MR) is 74.6 cm³/mol. The maximum Gasteiger partial charge on any atom is 0.146 e. The van der Waals surface area contributed by atoms with Gasteiger partial charge in [-0.05, 0) is 26.8 Å². The molecule has 1 N–H and O–H groups in total. The first-order valence-corrected chi connectivity index (χ1v) is 6.71. The van der Waals surface area contributed by atoms with Crippen molar-refractivity contribution in [2.75, 3.05) is 20.2 Å². The summed E-state index contributed by atoms with van der Waals surface area (Å²) in [7, 11) is 1.66. The van der Waals surface area contributed by atoms with Crippen molar-refractivity contribution in [2.24, 2.45) is 5.41 Å². The Labute approximate surface area is 114 Å². The van der Waals surface area contributed by atoms with Crippen LogP contribution in [0.4, 0.5) is 0 Å². The molecule has 0 radical (unpaired) electrons. The fraction of sp³-hybridized carbons (Fsp3) is 0.600. The summed E-state index contributed by atoms with van der Waals surface area (Å²) in [6, 6.07) is 0. The van der Waals surface area contributed by atoms with Gasteiger partial charge in [0.2, 0.25) is 0 Å². The topological polar surface area (TPSA) is 51.2 Å². The van der Waals surface area contributed by atoms with Crippen molar-refractivity contribution in [1.29, 1.82) is 0 Å². The van der Waals surface area contributed by atoms with Crippen molar-refractivity contribution in [3.05, 3.63) is 23.0 Å². The summed E-state index contributed by atoms with van der Waals surface area (Å²) in [5.74, 6) is 1.10. The van der Waals surface area contributed by atoms with E-state index in [2.05, 4.69) is 10.3 Å². The molecule has 19 heavy (non-hydrogen) atoms. The van der Waals surface area contributed by atoms with Crippen LogP contribution in [0.5, 0.6) is 5.75 Å². The average molecular weight is 262 g/mol. The normalized spacial score (nSPS) is 22.5. The molecule has 2 heterocycles. The molecule has 4 nitrogen and oxygen atoms in total. The van der Waals surface area contributed by atoms with E-state index in [4.69, 9.17) is 4.74 Å². The van der Waals surface area contributed by atoms with Crippen LogP contribution in [-0.4, -0.2) is 31.0 Å². The minimum atomic E-state index is -0.244. The predicted octanol–water partition coefficient (Wildman–Crippen LogP) is 1.82. The van der Waals surface area contributed by atoms with Gasteiger partial charge in [0.15, 0.2) is 0 Å². The number of Topliss-reactive ketones (excluding diaryl/α,β-unsaturated/α-hetero) is 1. The molecule has 2 rings (SSSR count). The van der Waals surface area contributed by atoms with Gasteiger partial charge in [0.05, 0.1) is 12.8 Å². The minimum absolute atomic E-state index is 0.244. The Balaban J connectivity index is 2.22. The number of methoxy groups -OCH3 is 1. The number of nitrogens with zero attached hydrogens (tertiary/aromatic N) is 1. The quantitative estimate of drug-likeness (QED) is 0.899. The van der Waals surface area contributed by atoms with E-state index in [0.29, 0.717) is 6.42 Å². The van der Waals surface area contributed by atoms with Crippen LogP contribution in [0.25, 0.3) is 0 Å². The van der Waals surface area contributed by atoms with Crippen LogP contribution in [0, 0.1) is 19.3 Å². The molecular weight excluding hydrogens is 240 g/mol. The molecule has 0 aromatic carbocycles. The zero-order valence-corrected chi connectivity index (χ0v) is 12.2. The molecule has 1 aliphatic heterocycles. The van der Waals surface area contributed by atoms with E-state index in [1.807, 2.05) is 20.8 Å². The number of carbonyl (C=O) groups is 1. The lowest BCUT2D eigenvalue weighted by Crippen LogP contribution is -2.32. The second-order valence-corrected chi connectivity index (χ2v) is 5.63. The zero-order valence-electron chi connectivity index (χ0n) is 12.2. The Bertz CT molecular complexity index is 491. The maximum atomic E-state index is 12.5. The summed E-state index contributed by atoms with van der Waals surface area (Å²) < 4.78 is 5.38. The largest absolute Gasteiger partial charge is 0.496 e. The van der Waals surface area contributed by atoms with Crippen molar-refractivity contribution in [3.8, 4) is 5.75 Å². The van der Waals surface area contributed by atoms with Crippen LogP contribution in [0.1, 0.15) is 30.2 Å². The summed E-state index contributed by atoms with van der Waals surface area (Å²) in [4.78, 5) is 16.9. The third-order valence-electron chi connectivity index (χ3n) is 4.12. The van der Waals surface area contributed by atoms with E-state index in [1.54, 1.807) is 13.3 Å². The number of hydrogen-bond donors (Lipinski definition) is 1. The summed E-state index contributed by atoms with van der Waals surface area (Å²) in [5, 5.41) is 3.26. The Morgan fingerprint density at radius 2 is 2.26 bits per heavy atom. The van der Waals surface area contributed by atoms with Crippen LogP contribution in [0.2, 0.25) is 0 Å². The van der Waals surface area contributed by atoms with Gasteiger partial charge in [-0.3, -0.25) is 9.78 Å². The number of ketones is 1. The van der Waals surface area contributed by atoms with Gasteiger partial charge in [-0.25, -0.2) is 0 Å². The van der Waals surface area contributed by atoms with E-state index in [9.17, 15) is 4.79 Å². The number of nitrogens with one attached hydrogen (secondary N) is 1. The fourth-order valence-electron chi connectivity index (χ4n) is 2.67. The molecule has 0 bridgehead atoms. The maximum absolute atomic E-state index is 12.5. The first-order valence-electron chi connectivity index (χ1n) is 6.71. The van der Waals surface area contributed by atoms with E-state index in [0.717, 1.165) is 42.1 Å². The smallest absolute Gasteiger partial charge is 0.146 e. The number of aryl methyl sites for hydroxylation is 1. The lowest BCUT2D eigenvalue weighted by Gasteiger charge is -2.21. The summed E-state index contributed by atoms with van der Waals surface area (Å²) in [6.45, 7) is 7.67. The lowest BCUT2D eigenvalue weighted by molar-refractivity contribution is -0.126. The monoisotopic (exact) mass is 262 g/mol. The number of rotatable bonds is 4. The van der Waals surface area contributed by atoms with E-state index in [-0.39, 0.29) is 11.2 Å². The fourth-order valence-corrected chi connectivity index (χ4v) is 2.67. The Hall–Kier alpha value is -1.42. The Morgan fingerprint density at radius 3 is 2.84 bits per heavy atom. The molecule has 104 valence electrons. The van der Waals surface area contributed by atoms with E-state index >= 15 is 0 Å². The first-order chi connectivity index (χ1) is 8.98. The van der Waals surface area contributed by atoms with Gasteiger partial charge in [0.1, 0.15) is 11.5 Å². The van der Waals surface area contributed by atoms with E-state index < -0.39 is 0 Å². The van der Waals surface area contributed by atoms with Crippen LogP contribution < -0.4 is 10.1 Å². The standard InChI is InChI=1S/C15H22N2O2/c1-10-8-17-12(11(2)14(10)19-4)7-13(18)15(3)5-6-16-9-15/h8,16H,5-7,9H2,1-4H3. The Morgan fingerprint density at radius 1 is 1.53 bits per heavy atom. The van der Waals surface area contributed by atoms with E-state index in [1.165, 1.54) is 0 Å². The zero-order chi connectivity index (χ0) is 14.0. The van der Waals surface area contributed by atoms with Gasteiger partial charge in [-0.15, -0.1) is 0 Å². The summed E-state index contributed by atoms with van der Waals surface area (Å²) in [5.41, 5.74) is 2.57. The molecule has 0 aliphatic carbocycles. The molecule has 1 saturated heterocycles. The third-order valence-corrected chi connectivity index (χ3v) is 4.12.